The number of hydrogen-bond acceptors (Lipinski definition) is 2. The van der Waals surface area contributed by atoms with E-state index in [0.29, 0.717) is 0 Å². The van der Waals surface area contributed by atoms with Gasteiger partial charge in [0.1, 0.15) is 0 Å². The van der Waals surface area contributed by atoms with E-state index in [-0.39, 0.29) is 27.1 Å². The van der Waals surface area contributed by atoms with Crippen LogP contribution in [0, 0.1) is 13.8 Å². The maximum atomic E-state index is 4.03. The molecule has 58 heavy (non-hydrogen) atoms. The van der Waals surface area contributed by atoms with Gasteiger partial charge in [0, 0.05) is 28.3 Å². The van der Waals surface area contributed by atoms with Gasteiger partial charge in [0.2, 0.25) is 0 Å². The molecule has 0 fully saturated rings. The van der Waals surface area contributed by atoms with Crippen molar-refractivity contribution in [3.8, 4) is 0 Å². The molecule has 3 heteroatoms. The zero-order valence-corrected chi connectivity index (χ0v) is 40.0. The number of nitrogens with one attached hydrogen (secondary N) is 1. The number of fused-ring (bicyclic) bond motifs is 4. The number of aryl methyl sites for hydroxylation is 4. The van der Waals surface area contributed by atoms with Gasteiger partial charge in [-0.2, -0.15) is 0 Å². The molecule has 2 aliphatic rings. The molecule has 0 unspecified atom stereocenters. The van der Waals surface area contributed by atoms with E-state index in [1.165, 1.54) is 73.0 Å². The predicted octanol–water partition coefficient (Wildman–Crippen LogP) is 13.6. The van der Waals surface area contributed by atoms with Crippen LogP contribution in [0.3, 0.4) is 0 Å². The number of thioether (sulfide) groups is 1. The molecule has 5 aromatic rings. The largest absolute Gasteiger partial charge is 0.384 e. The van der Waals surface area contributed by atoms with Crippen LogP contribution < -0.4 is 21.2 Å². The van der Waals surface area contributed by atoms with Crippen molar-refractivity contribution < 1.29 is 0 Å². The third-order valence-corrected chi connectivity index (χ3v) is 16.8. The van der Waals surface area contributed by atoms with Gasteiger partial charge < -0.3 is 5.32 Å². The summed E-state index contributed by atoms with van der Waals surface area (Å²) in [6.07, 6.45) is 4.62. The number of rotatable bonds is 8. The molecule has 1 nitrogen and oxygen atoms in total. The molecule has 306 valence electrons. The molecule has 0 aliphatic heterocycles. The highest BCUT2D eigenvalue weighted by Gasteiger charge is 2.48. The van der Waals surface area contributed by atoms with Crippen molar-refractivity contribution in [1.29, 1.82) is 0 Å². The van der Waals surface area contributed by atoms with Gasteiger partial charge in [-0.15, -0.1) is 11.8 Å². The second kappa shape index (κ2) is 15.6. The standard InChI is InChI=1S/C55H70NPS/c1-36-18-15-19-37(2)50(36)58-29-28-56-46-22-16-20-38-24-26-55(48(38)46)27-25-39-21-17-23-47(49(39)55)57(44-32-40(51(3,4)5)30-41(33-44)52(6,7)8)45-34-42(53(9,10)11)31-43(35-45)54(12,13)14/h15-23,30-35,56H,24-29H2,1-14H3/t55-/m1/s1. The first-order valence-electron chi connectivity index (χ1n) is 21.9. The lowest BCUT2D eigenvalue weighted by Crippen LogP contribution is -2.33. The molecule has 0 radical (unpaired) electrons. The maximum absolute atomic E-state index is 4.03. The zero-order valence-electron chi connectivity index (χ0n) is 38.3. The van der Waals surface area contributed by atoms with Crippen molar-refractivity contribution >= 4 is 41.3 Å². The van der Waals surface area contributed by atoms with Gasteiger partial charge in [-0.25, -0.2) is 0 Å². The third-order valence-electron chi connectivity index (χ3n) is 13.0. The van der Waals surface area contributed by atoms with Crippen molar-refractivity contribution in [2.24, 2.45) is 0 Å². The first-order valence-corrected chi connectivity index (χ1v) is 24.2. The van der Waals surface area contributed by atoms with Gasteiger partial charge >= 0.3 is 0 Å². The first kappa shape index (κ1) is 42.8. The van der Waals surface area contributed by atoms with Crippen LogP contribution in [0.2, 0.25) is 0 Å². The van der Waals surface area contributed by atoms with E-state index in [2.05, 4.69) is 193 Å². The van der Waals surface area contributed by atoms with Crippen LogP contribution >= 0.6 is 19.7 Å². The Kier molecular flexibility index (Phi) is 11.5. The van der Waals surface area contributed by atoms with Crippen molar-refractivity contribution in [1.82, 2.24) is 0 Å². The molecule has 1 spiro atoms. The highest BCUT2D eigenvalue weighted by atomic mass is 32.2. The van der Waals surface area contributed by atoms with Crippen LogP contribution in [0.1, 0.15) is 152 Å². The Labute approximate surface area is 358 Å². The van der Waals surface area contributed by atoms with E-state index in [4.69, 9.17) is 0 Å². The van der Waals surface area contributed by atoms with Crippen LogP contribution in [-0.4, -0.2) is 12.3 Å². The molecular weight excluding hydrogens is 738 g/mol. The summed E-state index contributed by atoms with van der Waals surface area (Å²) in [5.74, 6) is 1.04. The Balaban J connectivity index is 1.43. The van der Waals surface area contributed by atoms with E-state index < -0.39 is 7.92 Å². The molecule has 0 heterocycles. The zero-order chi connectivity index (χ0) is 42.0. The Morgan fingerprint density at radius 3 is 1.45 bits per heavy atom. The number of benzene rings is 5. The molecule has 1 atom stereocenters. The summed E-state index contributed by atoms with van der Waals surface area (Å²) in [7, 11) is -0.913. The highest BCUT2D eigenvalue weighted by molar-refractivity contribution is 7.99. The topological polar surface area (TPSA) is 12.0 Å². The summed E-state index contributed by atoms with van der Waals surface area (Å²) in [6.45, 7) is 34.1. The van der Waals surface area contributed by atoms with Crippen molar-refractivity contribution in [3.05, 3.63) is 147 Å². The fourth-order valence-corrected chi connectivity index (χ4v) is 13.2. The summed E-state index contributed by atoms with van der Waals surface area (Å²) < 4.78 is 0. The fraction of sp³-hybridized carbons (Fsp3) is 0.455. The molecule has 2 aliphatic carbocycles. The van der Waals surface area contributed by atoms with Crippen LogP contribution in [-0.2, 0) is 39.9 Å². The summed E-state index contributed by atoms with van der Waals surface area (Å²) >= 11 is 1.99. The van der Waals surface area contributed by atoms with E-state index in [9.17, 15) is 0 Å². The van der Waals surface area contributed by atoms with Gasteiger partial charge in [-0.1, -0.05) is 168 Å². The monoisotopic (exact) mass is 807 g/mol. The minimum Gasteiger partial charge on any atom is -0.384 e. The molecule has 0 saturated carbocycles. The summed E-state index contributed by atoms with van der Waals surface area (Å²) in [4.78, 5) is 1.43. The van der Waals surface area contributed by atoms with Crippen molar-refractivity contribution in [3.63, 3.8) is 0 Å². The van der Waals surface area contributed by atoms with Gasteiger partial charge in [-0.05, 0) is 147 Å². The molecular formula is C55H70NPS. The van der Waals surface area contributed by atoms with E-state index in [1.54, 1.807) is 22.0 Å². The number of anilines is 1. The van der Waals surface area contributed by atoms with Crippen LogP contribution in [0.15, 0.2) is 95.9 Å². The summed E-state index contributed by atoms with van der Waals surface area (Å²) in [5, 5.41) is 8.57. The normalized spacial score (nSPS) is 16.9. The lowest BCUT2D eigenvalue weighted by Gasteiger charge is -2.35. The molecule has 1 N–H and O–H groups in total. The summed E-state index contributed by atoms with van der Waals surface area (Å²) in [6, 6.07) is 36.6. The third kappa shape index (κ3) is 8.37. The lowest BCUT2D eigenvalue weighted by molar-refractivity contribution is 0.510. The second-order valence-corrected chi connectivity index (χ2v) is 24.9. The number of hydrogen-bond donors (Lipinski definition) is 1. The Hall–Kier alpha value is -3.32. The lowest BCUT2D eigenvalue weighted by atomic mass is 9.76. The molecule has 0 amide bonds. The molecule has 7 rings (SSSR count). The molecule has 0 bridgehead atoms. The van der Waals surface area contributed by atoms with Crippen molar-refractivity contribution in [2.45, 2.75) is 155 Å². The highest BCUT2D eigenvalue weighted by Crippen LogP contribution is 2.56. The average Bonchev–Trinajstić information content (AvgIpc) is 3.71. The maximum Gasteiger partial charge on any atom is 0.0384 e. The Morgan fingerprint density at radius 1 is 0.552 bits per heavy atom. The van der Waals surface area contributed by atoms with Gasteiger partial charge in [-0.3, -0.25) is 0 Å². The van der Waals surface area contributed by atoms with Gasteiger partial charge in [0.25, 0.3) is 0 Å². The minimum absolute atomic E-state index is 0.00578. The van der Waals surface area contributed by atoms with Crippen LogP contribution in [0.4, 0.5) is 5.69 Å². The van der Waals surface area contributed by atoms with Gasteiger partial charge in [0.05, 0.1) is 0 Å². The first-order chi connectivity index (χ1) is 27.1. The van der Waals surface area contributed by atoms with Crippen molar-refractivity contribution in [2.75, 3.05) is 17.6 Å². The van der Waals surface area contributed by atoms with E-state index >= 15 is 0 Å². The molecule has 0 aromatic heterocycles. The summed E-state index contributed by atoms with van der Waals surface area (Å²) in [5.41, 5.74) is 16.3. The van der Waals surface area contributed by atoms with Crippen LogP contribution in [0.25, 0.3) is 0 Å². The smallest absolute Gasteiger partial charge is 0.0384 e. The molecule has 0 saturated heterocycles. The Bertz CT molecular complexity index is 2160. The Morgan fingerprint density at radius 2 is 0.983 bits per heavy atom. The minimum atomic E-state index is -0.913. The second-order valence-electron chi connectivity index (χ2n) is 21.6. The fourth-order valence-electron chi connectivity index (χ4n) is 9.51. The quantitative estimate of drug-likeness (QED) is 0.0952. The van der Waals surface area contributed by atoms with Crippen LogP contribution in [0.5, 0.6) is 0 Å². The van der Waals surface area contributed by atoms with E-state index in [1.807, 2.05) is 11.8 Å². The van der Waals surface area contributed by atoms with Gasteiger partial charge in [0.15, 0.2) is 0 Å². The predicted molar refractivity (Wildman–Crippen MR) is 259 cm³/mol. The average molecular weight is 808 g/mol. The van der Waals surface area contributed by atoms with E-state index in [0.717, 1.165) is 25.1 Å². The molecule has 5 aromatic carbocycles. The SMILES string of the molecule is Cc1cccc(C)c1SCCNc1cccc2c1[C@@]1(CC2)CCc2cccc(P(c3cc(C(C)(C)C)cc(C(C)(C)C)c3)c3cc(C(C)(C)C)cc(C(C)(C)C)c3)c21.